The minimum absolute atomic E-state index is 0.106. The van der Waals surface area contributed by atoms with Crippen LogP contribution in [-0.2, 0) is 12.8 Å². The molecule has 29 heavy (non-hydrogen) atoms. The molecule has 3 aromatic rings. The summed E-state index contributed by atoms with van der Waals surface area (Å²) < 4.78 is 6.16. The van der Waals surface area contributed by atoms with Crippen LogP contribution in [0.15, 0.2) is 58.3 Å². The number of rotatable bonds is 8. The van der Waals surface area contributed by atoms with Crippen LogP contribution in [0, 0.1) is 12.8 Å². The summed E-state index contributed by atoms with van der Waals surface area (Å²) in [6.07, 6.45) is 4.93. The summed E-state index contributed by atoms with van der Waals surface area (Å²) in [4.78, 5) is 4.00. The number of hydrogen-bond donors (Lipinski definition) is 1. The second-order valence-corrected chi connectivity index (χ2v) is 9.38. The molecular weight excluding hydrogens is 378 g/mol. The first-order valence-corrected chi connectivity index (χ1v) is 11.6. The second-order valence-electron chi connectivity index (χ2n) is 8.35. The van der Waals surface area contributed by atoms with Gasteiger partial charge in [-0.15, -0.1) is 11.3 Å². The molecule has 1 N–H and O–H groups in total. The monoisotopic (exact) mass is 409 g/mol. The molecule has 0 radical (unpaired) electrons. The van der Waals surface area contributed by atoms with Gasteiger partial charge in [-0.1, -0.05) is 35.9 Å². The minimum Gasteiger partial charge on any atom is -0.461 e. The number of benzene rings is 1. The van der Waals surface area contributed by atoms with E-state index in [-0.39, 0.29) is 6.10 Å². The van der Waals surface area contributed by atoms with E-state index in [0.717, 1.165) is 68.8 Å². The molecule has 3 nitrogen and oxygen atoms in total. The number of aliphatic hydroxyl groups excluding tert-OH is 1. The van der Waals surface area contributed by atoms with Gasteiger partial charge in [-0.2, -0.15) is 0 Å². The second kappa shape index (κ2) is 9.75. The van der Waals surface area contributed by atoms with Crippen molar-refractivity contribution in [2.24, 2.45) is 5.92 Å². The molecule has 0 bridgehead atoms. The maximum absolute atomic E-state index is 9.79. The Balaban J connectivity index is 1.37. The predicted molar refractivity (Wildman–Crippen MR) is 120 cm³/mol. The highest BCUT2D eigenvalue weighted by molar-refractivity contribution is 7.09. The van der Waals surface area contributed by atoms with Gasteiger partial charge in [0.1, 0.15) is 11.5 Å². The van der Waals surface area contributed by atoms with E-state index in [4.69, 9.17) is 4.42 Å². The van der Waals surface area contributed by atoms with E-state index < -0.39 is 0 Å². The molecule has 1 saturated heterocycles. The molecular formula is C25H31NO2S. The summed E-state index contributed by atoms with van der Waals surface area (Å²) >= 11 is 1.86. The first-order chi connectivity index (χ1) is 14.2. The van der Waals surface area contributed by atoms with Crippen LogP contribution in [0.5, 0.6) is 0 Å². The molecule has 0 amide bonds. The molecule has 4 heteroatoms. The van der Waals surface area contributed by atoms with Crippen molar-refractivity contribution in [1.82, 2.24) is 4.90 Å². The van der Waals surface area contributed by atoms with Crippen molar-refractivity contribution in [3.8, 4) is 11.3 Å². The van der Waals surface area contributed by atoms with Crippen molar-refractivity contribution in [3.05, 3.63) is 70.1 Å². The molecule has 3 heterocycles. The molecule has 1 aliphatic rings. The third-order valence-corrected chi connectivity index (χ3v) is 6.84. The summed E-state index contributed by atoms with van der Waals surface area (Å²) in [5, 5.41) is 12.0. The molecule has 2 aromatic heterocycles. The molecule has 1 fully saturated rings. The van der Waals surface area contributed by atoms with Crippen LogP contribution in [0.1, 0.15) is 35.5 Å². The first kappa shape index (κ1) is 20.4. The standard InChI is InChI=1S/C25H31NO2S/c1-19-4-7-21(8-5-19)25-11-10-23(28-25)9-6-20(17-24-3-2-16-29-24)18-26-14-12-22(27)13-15-26/h2-5,7-8,10-11,16,20,22,27H,6,9,12-15,17-18H2,1H3. The maximum Gasteiger partial charge on any atom is 0.134 e. The molecule has 0 saturated carbocycles. The van der Waals surface area contributed by atoms with Crippen LogP contribution in [0.25, 0.3) is 11.3 Å². The lowest BCUT2D eigenvalue weighted by atomic mass is 9.95. The Morgan fingerprint density at radius 3 is 2.62 bits per heavy atom. The van der Waals surface area contributed by atoms with Crippen LogP contribution < -0.4 is 0 Å². The highest BCUT2D eigenvalue weighted by Crippen LogP contribution is 2.26. The van der Waals surface area contributed by atoms with Crippen LogP contribution in [-0.4, -0.2) is 35.7 Å². The summed E-state index contributed by atoms with van der Waals surface area (Å²) in [5.74, 6) is 2.64. The number of furan rings is 1. The minimum atomic E-state index is -0.106. The van der Waals surface area contributed by atoms with E-state index in [9.17, 15) is 5.11 Å². The normalized spacial score (nSPS) is 16.9. The first-order valence-electron chi connectivity index (χ1n) is 10.7. The molecule has 0 aliphatic carbocycles. The van der Waals surface area contributed by atoms with Crippen molar-refractivity contribution in [2.75, 3.05) is 19.6 Å². The van der Waals surface area contributed by atoms with E-state index in [1.54, 1.807) is 0 Å². The van der Waals surface area contributed by atoms with Crippen LogP contribution in [0.3, 0.4) is 0 Å². The quantitative estimate of drug-likeness (QED) is 0.529. The van der Waals surface area contributed by atoms with E-state index in [1.807, 2.05) is 11.3 Å². The number of aryl methyl sites for hydroxylation is 2. The Labute approximate surface area is 178 Å². The number of thiophene rings is 1. The van der Waals surface area contributed by atoms with Gasteiger partial charge in [0.15, 0.2) is 0 Å². The maximum atomic E-state index is 9.79. The predicted octanol–water partition coefficient (Wildman–Crippen LogP) is 5.56. The Kier molecular flexibility index (Phi) is 6.86. The van der Waals surface area contributed by atoms with Gasteiger partial charge in [0.25, 0.3) is 0 Å². The van der Waals surface area contributed by atoms with Gasteiger partial charge in [0.05, 0.1) is 6.10 Å². The molecule has 1 unspecified atom stereocenters. The average molecular weight is 410 g/mol. The number of nitrogens with zero attached hydrogens (tertiary/aromatic N) is 1. The summed E-state index contributed by atoms with van der Waals surface area (Å²) in [6.45, 7) is 5.24. The topological polar surface area (TPSA) is 36.6 Å². The van der Waals surface area contributed by atoms with Crippen LogP contribution in [0.4, 0.5) is 0 Å². The largest absolute Gasteiger partial charge is 0.461 e. The SMILES string of the molecule is Cc1ccc(-c2ccc(CCC(Cc3cccs3)CN3CCC(O)CC3)o2)cc1. The van der Waals surface area contributed by atoms with Gasteiger partial charge in [-0.25, -0.2) is 0 Å². The van der Waals surface area contributed by atoms with Gasteiger partial charge in [0.2, 0.25) is 0 Å². The third-order valence-electron chi connectivity index (χ3n) is 5.94. The number of piperidine rings is 1. The Morgan fingerprint density at radius 2 is 1.90 bits per heavy atom. The van der Waals surface area contributed by atoms with Crippen molar-refractivity contribution in [3.63, 3.8) is 0 Å². The zero-order valence-corrected chi connectivity index (χ0v) is 18.0. The highest BCUT2D eigenvalue weighted by Gasteiger charge is 2.21. The summed E-state index contributed by atoms with van der Waals surface area (Å²) in [6, 6.07) is 17.1. The summed E-state index contributed by atoms with van der Waals surface area (Å²) in [5.41, 5.74) is 2.41. The fraction of sp³-hybridized carbons (Fsp3) is 0.440. The fourth-order valence-corrected chi connectivity index (χ4v) is 4.99. The molecule has 154 valence electrons. The van der Waals surface area contributed by atoms with Gasteiger partial charge >= 0.3 is 0 Å². The van der Waals surface area contributed by atoms with Gasteiger partial charge < -0.3 is 14.4 Å². The number of hydrogen-bond acceptors (Lipinski definition) is 4. The zero-order valence-electron chi connectivity index (χ0n) is 17.2. The molecule has 1 atom stereocenters. The van der Waals surface area contributed by atoms with E-state index >= 15 is 0 Å². The highest BCUT2D eigenvalue weighted by atomic mass is 32.1. The molecule has 1 aliphatic heterocycles. The lowest BCUT2D eigenvalue weighted by Crippen LogP contribution is -2.39. The third kappa shape index (κ3) is 5.81. The number of aliphatic hydroxyl groups is 1. The fourth-order valence-electron chi connectivity index (χ4n) is 4.17. The van der Waals surface area contributed by atoms with E-state index in [0.29, 0.717) is 5.92 Å². The smallest absolute Gasteiger partial charge is 0.134 e. The Bertz CT molecular complexity index is 861. The van der Waals surface area contributed by atoms with Crippen molar-refractivity contribution in [1.29, 1.82) is 0 Å². The van der Waals surface area contributed by atoms with Crippen molar-refractivity contribution < 1.29 is 9.52 Å². The summed E-state index contributed by atoms with van der Waals surface area (Å²) in [7, 11) is 0. The van der Waals surface area contributed by atoms with Gasteiger partial charge in [0, 0.05) is 36.5 Å². The number of likely N-dealkylation sites (tertiary alicyclic amines) is 1. The van der Waals surface area contributed by atoms with E-state index in [2.05, 4.69) is 65.7 Å². The average Bonchev–Trinajstić information content (AvgIpc) is 3.40. The van der Waals surface area contributed by atoms with Crippen molar-refractivity contribution in [2.45, 2.75) is 45.1 Å². The molecule has 0 spiro atoms. The lowest BCUT2D eigenvalue weighted by molar-refractivity contribution is 0.0739. The van der Waals surface area contributed by atoms with Gasteiger partial charge in [-0.3, -0.25) is 0 Å². The van der Waals surface area contributed by atoms with Gasteiger partial charge in [-0.05, 0) is 62.1 Å². The van der Waals surface area contributed by atoms with Crippen LogP contribution >= 0.6 is 11.3 Å². The lowest BCUT2D eigenvalue weighted by Gasteiger charge is -2.32. The Hall–Kier alpha value is -1.88. The van der Waals surface area contributed by atoms with Crippen LogP contribution in [0.2, 0.25) is 0 Å². The van der Waals surface area contributed by atoms with Crippen molar-refractivity contribution >= 4 is 11.3 Å². The Morgan fingerprint density at radius 1 is 1.10 bits per heavy atom. The zero-order chi connectivity index (χ0) is 20.1. The molecule has 4 rings (SSSR count). The molecule has 1 aromatic carbocycles. The van der Waals surface area contributed by atoms with E-state index in [1.165, 1.54) is 10.4 Å².